The van der Waals surface area contributed by atoms with Crippen molar-refractivity contribution in [1.82, 2.24) is 10.2 Å². The molecule has 0 bridgehead atoms. The number of morpholine rings is 1. The van der Waals surface area contributed by atoms with Gasteiger partial charge in [-0.25, -0.2) is 0 Å². The molecule has 1 aliphatic rings. The Hall–Kier alpha value is -1.17. The molecule has 5 heteroatoms. The van der Waals surface area contributed by atoms with E-state index in [0.29, 0.717) is 13.2 Å². The van der Waals surface area contributed by atoms with Gasteiger partial charge in [0.2, 0.25) is 5.91 Å². The molecule has 1 aliphatic heterocycles. The van der Waals surface area contributed by atoms with Crippen LogP contribution in [0.3, 0.4) is 0 Å². The zero-order valence-electron chi connectivity index (χ0n) is 12.6. The molecule has 1 aromatic carbocycles. The molecule has 110 valence electrons. The minimum atomic E-state index is -1.50. The Labute approximate surface area is 122 Å². The summed E-state index contributed by atoms with van der Waals surface area (Å²) in [6.07, 6.45) is 0.739. The van der Waals surface area contributed by atoms with E-state index in [1.165, 1.54) is 5.19 Å². The summed E-state index contributed by atoms with van der Waals surface area (Å²) in [4.78, 5) is 14.1. The van der Waals surface area contributed by atoms with Crippen molar-refractivity contribution < 1.29 is 9.53 Å². The van der Waals surface area contributed by atoms with Gasteiger partial charge in [0, 0.05) is 20.1 Å². The molecule has 0 aromatic heterocycles. The third kappa shape index (κ3) is 3.68. The van der Waals surface area contributed by atoms with Crippen molar-refractivity contribution in [2.24, 2.45) is 0 Å². The van der Waals surface area contributed by atoms with Crippen LogP contribution >= 0.6 is 0 Å². The van der Waals surface area contributed by atoms with E-state index in [4.69, 9.17) is 4.74 Å². The van der Waals surface area contributed by atoms with Gasteiger partial charge in [-0.1, -0.05) is 48.6 Å². The first kappa shape index (κ1) is 15.2. The van der Waals surface area contributed by atoms with Gasteiger partial charge in [-0.15, -0.1) is 0 Å². The Bertz CT molecular complexity index is 450. The van der Waals surface area contributed by atoms with E-state index in [-0.39, 0.29) is 12.0 Å². The SMILES string of the molecule is CNC(=O)C1CN(C[Si](C)(C)c2ccccc2)CCO1. The number of carbonyl (C=O) groups is 1. The Morgan fingerprint density at radius 2 is 2.10 bits per heavy atom. The van der Waals surface area contributed by atoms with Crippen LogP contribution in [0.5, 0.6) is 0 Å². The van der Waals surface area contributed by atoms with Gasteiger partial charge >= 0.3 is 0 Å². The van der Waals surface area contributed by atoms with Crippen LogP contribution in [-0.2, 0) is 9.53 Å². The van der Waals surface area contributed by atoms with E-state index in [1.807, 2.05) is 0 Å². The average Bonchev–Trinajstić information content (AvgIpc) is 2.47. The molecule has 1 amide bonds. The summed E-state index contributed by atoms with van der Waals surface area (Å²) < 4.78 is 5.54. The Kier molecular flexibility index (Phi) is 4.96. The monoisotopic (exact) mass is 292 g/mol. The van der Waals surface area contributed by atoms with Gasteiger partial charge in [0.05, 0.1) is 14.7 Å². The molecule has 1 aromatic rings. The van der Waals surface area contributed by atoms with Gasteiger partial charge in [0.15, 0.2) is 0 Å². The van der Waals surface area contributed by atoms with Crippen LogP contribution in [-0.4, -0.2) is 57.9 Å². The lowest BCUT2D eigenvalue weighted by molar-refractivity contribution is -0.137. The van der Waals surface area contributed by atoms with Crippen LogP contribution in [0.4, 0.5) is 0 Å². The van der Waals surface area contributed by atoms with Gasteiger partial charge in [0.1, 0.15) is 6.10 Å². The molecule has 1 atom stereocenters. The maximum absolute atomic E-state index is 11.7. The Morgan fingerprint density at radius 1 is 1.40 bits per heavy atom. The number of nitrogens with zero attached hydrogens (tertiary/aromatic N) is 1. The van der Waals surface area contributed by atoms with Crippen molar-refractivity contribution in [2.45, 2.75) is 19.2 Å². The standard InChI is InChI=1S/C15H24N2O2Si/c1-16-15(18)14-11-17(9-10-19-14)12-20(2,3)13-7-5-4-6-8-13/h4-8,14H,9-12H2,1-3H3,(H,16,18). The highest BCUT2D eigenvalue weighted by molar-refractivity contribution is 6.89. The quantitative estimate of drug-likeness (QED) is 0.826. The van der Waals surface area contributed by atoms with Gasteiger partial charge in [-0.2, -0.15) is 0 Å². The average molecular weight is 292 g/mol. The van der Waals surface area contributed by atoms with Gasteiger partial charge < -0.3 is 15.0 Å². The normalized spacial score (nSPS) is 20.6. The topological polar surface area (TPSA) is 41.6 Å². The maximum Gasteiger partial charge on any atom is 0.250 e. The summed E-state index contributed by atoms with van der Waals surface area (Å²) in [6, 6.07) is 10.7. The van der Waals surface area contributed by atoms with Gasteiger partial charge in [-0.05, 0) is 6.17 Å². The predicted molar refractivity (Wildman–Crippen MR) is 83.8 cm³/mol. The summed E-state index contributed by atoms with van der Waals surface area (Å²) in [7, 11) is 0.157. The number of nitrogens with one attached hydrogen (secondary N) is 1. The lowest BCUT2D eigenvalue weighted by Crippen LogP contribution is -2.57. The van der Waals surface area contributed by atoms with Crippen LogP contribution in [0.25, 0.3) is 0 Å². The number of likely N-dealkylation sites (N-methyl/N-ethyl adjacent to an activating group) is 1. The number of hydrogen-bond acceptors (Lipinski definition) is 3. The molecule has 0 radical (unpaired) electrons. The fourth-order valence-electron chi connectivity index (χ4n) is 2.71. The van der Waals surface area contributed by atoms with Crippen molar-refractivity contribution in [2.75, 3.05) is 32.9 Å². The molecule has 1 unspecified atom stereocenters. The number of hydrogen-bond donors (Lipinski definition) is 1. The molecule has 1 fully saturated rings. The molecular formula is C15H24N2O2Si. The molecule has 1 saturated heterocycles. The van der Waals surface area contributed by atoms with Crippen LogP contribution < -0.4 is 10.5 Å². The van der Waals surface area contributed by atoms with E-state index in [9.17, 15) is 4.79 Å². The number of amides is 1. The second kappa shape index (κ2) is 6.52. The molecule has 1 N–H and O–H groups in total. The smallest absolute Gasteiger partial charge is 0.250 e. The van der Waals surface area contributed by atoms with Crippen LogP contribution in [0.1, 0.15) is 0 Å². The molecule has 0 aliphatic carbocycles. The van der Waals surface area contributed by atoms with Crippen molar-refractivity contribution in [3.05, 3.63) is 30.3 Å². The summed E-state index contributed by atoms with van der Waals surface area (Å²) in [5.74, 6) is -0.0196. The fraction of sp³-hybridized carbons (Fsp3) is 0.533. The highest BCUT2D eigenvalue weighted by Gasteiger charge is 2.31. The van der Waals surface area contributed by atoms with Crippen molar-refractivity contribution in [3.63, 3.8) is 0 Å². The van der Waals surface area contributed by atoms with Crippen molar-refractivity contribution in [3.8, 4) is 0 Å². The lowest BCUT2D eigenvalue weighted by Gasteiger charge is -2.36. The minimum Gasteiger partial charge on any atom is -0.366 e. The summed E-state index contributed by atoms with van der Waals surface area (Å²) in [5, 5.41) is 4.13. The number of benzene rings is 1. The Morgan fingerprint density at radius 3 is 2.75 bits per heavy atom. The van der Waals surface area contributed by atoms with Crippen molar-refractivity contribution >= 4 is 19.2 Å². The first-order chi connectivity index (χ1) is 9.53. The largest absolute Gasteiger partial charge is 0.366 e. The first-order valence-corrected chi connectivity index (χ1v) is 10.3. The van der Waals surface area contributed by atoms with Crippen molar-refractivity contribution in [1.29, 1.82) is 0 Å². The molecule has 4 nitrogen and oxygen atoms in total. The van der Waals surface area contributed by atoms with E-state index in [0.717, 1.165) is 12.7 Å². The second-order valence-electron chi connectivity index (χ2n) is 5.96. The predicted octanol–water partition coefficient (Wildman–Crippen LogP) is 0.588. The second-order valence-corrected chi connectivity index (χ2v) is 10.6. The zero-order valence-corrected chi connectivity index (χ0v) is 13.6. The van der Waals surface area contributed by atoms with E-state index >= 15 is 0 Å². The summed E-state index contributed by atoms with van der Waals surface area (Å²) >= 11 is 0. The summed E-state index contributed by atoms with van der Waals surface area (Å²) in [5.41, 5.74) is 0. The maximum atomic E-state index is 11.7. The molecule has 20 heavy (non-hydrogen) atoms. The fourth-order valence-corrected chi connectivity index (χ4v) is 5.39. The Balaban J connectivity index is 2.00. The highest BCUT2D eigenvalue weighted by atomic mass is 28.3. The third-order valence-corrected chi connectivity index (χ3v) is 7.00. The lowest BCUT2D eigenvalue weighted by atomic mass is 10.2. The minimum absolute atomic E-state index is 0.0196. The van der Waals surface area contributed by atoms with Gasteiger partial charge in [-0.3, -0.25) is 4.79 Å². The van der Waals surface area contributed by atoms with Crippen LogP contribution in [0.2, 0.25) is 13.1 Å². The first-order valence-electron chi connectivity index (χ1n) is 7.14. The highest BCUT2D eigenvalue weighted by Crippen LogP contribution is 2.11. The van der Waals surface area contributed by atoms with E-state index in [1.54, 1.807) is 7.05 Å². The molecule has 1 heterocycles. The zero-order chi connectivity index (χ0) is 14.6. The van der Waals surface area contributed by atoms with Gasteiger partial charge in [0.25, 0.3) is 0 Å². The summed E-state index contributed by atoms with van der Waals surface area (Å²) in [6.45, 7) is 7.01. The van der Waals surface area contributed by atoms with Crippen LogP contribution in [0, 0.1) is 0 Å². The molecule has 0 saturated carbocycles. The number of ether oxygens (including phenoxy) is 1. The molecular weight excluding hydrogens is 268 g/mol. The number of rotatable bonds is 4. The van der Waals surface area contributed by atoms with Crippen LogP contribution in [0.15, 0.2) is 30.3 Å². The number of carbonyl (C=O) groups excluding carboxylic acids is 1. The van der Waals surface area contributed by atoms with E-state index < -0.39 is 8.07 Å². The molecule has 2 rings (SSSR count). The molecule has 0 spiro atoms. The third-order valence-electron chi connectivity index (χ3n) is 3.86. The van der Waals surface area contributed by atoms with E-state index in [2.05, 4.69) is 53.6 Å².